The quantitative estimate of drug-likeness (QED) is 0.865. The summed E-state index contributed by atoms with van der Waals surface area (Å²) in [5, 5.41) is 0. The Labute approximate surface area is 143 Å². The number of nitrogens with zero attached hydrogens (tertiary/aromatic N) is 5. The molecule has 2 aliphatic heterocycles. The molecule has 0 bridgehead atoms. The molecule has 0 radical (unpaired) electrons. The summed E-state index contributed by atoms with van der Waals surface area (Å²) in [4.78, 5) is 18.4. The third kappa shape index (κ3) is 3.32. The van der Waals surface area contributed by atoms with Gasteiger partial charge in [-0.25, -0.2) is 9.97 Å². The van der Waals surface area contributed by atoms with E-state index in [1.54, 1.807) is 6.20 Å². The Morgan fingerprint density at radius 2 is 1.92 bits per heavy atom. The number of hydrogen-bond acceptors (Lipinski definition) is 5. The molecule has 5 nitrogen and oxygen atoms in total. The molecule has 126 valence electrons. The van der Waals surface area contributed by atoms with Crippen molar-refractivity contribution in [3.63, 3.8) is 0 Å². The highest BCUT2D eigenvalue weighted by molar-refractivity contribution is 5.47. The van der Waals surface area contributed by atoms with Crippen molar-refractivity contribution >= 4 is 0 Å². The van der Waals surface area contributed by atoms with Crippen LogP contribution < -0.4 is 0 Å². The van der Waals surface area contributed by atoms with Crippen LogP contribution >= 0.6 is 0 Å². The van der Waals surface area contributed by atoms with E-state index in [9.17, 15) is 0 Å². The van der Waals surface area contributed by atoms with Gasteiger partial charge in [-0.2, -0.15) is 0 Å². The molecule has 1 atom stereocenters. The van der Waals surface area contributed by atoms with E-state index in [1.807, 2.05) is 30.6 Å². The van der Waals surface area contributed by atoms with Crippen molar-refractivity contribution in [3.8, 4) is 11.5 Å². The van der Waals surface area contributed by atoms with Crippen molar-refractivity contribution in [2.75, 3.05) is 19.6 Å². The highest BCUT2D eigenvalue weighted by Crippen LogP contribution is 2.25. The Morgan fingerprint density at radius 3 is 2.62 bits per heavy atom. The highest BCUT2D eigenvalue weighted by Gasteiger charge is 2.34. The molecule has 24 heavy (non-hydrogen) atoms. The van der Waals surface area contributed by atoms with Crippen LogP contribution in [0.3, 0.4) is 0 Å². The number of rotatable bonds is 4. The minimum atomic E-state index is 0.697. The summed E-state index contributed by atoms with van der Waals surface area (Å²) in [5.41, 5.74) is 2.01. The van der Waals surface area contributed by atoms with E-state index >= 15 is 0 Å². The molecule has 4 heterocycles. The first kappa shape index (κ1) is 15.7. The lowest BCUT2D eigenvalue weighted by atomic mass is 9.97. The van der Waals surface area contributed by atoms with Crippen molar-refractivity contribution in [3.05, 3.63) is 42.4 Å². The number of hydrogen-bond donors (Lipinski definition) is 0. The molecule has 2 aromatic heterocycles. The Hall–Kier alpha value is -1.85. The van der Waals surface area contributed by atoms with Gasteiger partial charge < -0.3 is 0 Å². The van der Waals surface area contributed by atoms with Gasteiger partial charge in [-0.05, 0) is 38.4 Å². The normalized spacial score (nSPS) is 23.1. The molecule has 2 aromatic rings. The SMILES string of the molecule is C[C@H]1CCCCN1C1CN(Cc2cnc(-c3ccccn3)nc2)C1. The maximum absolute atomic E-state index is 4.47. The van der Waals surface area contributed by atoms with E-state index in [2.05, 4.69) is 31.7 Å². The highest BCUT2D eigenvalue weighted by atomic mass is 15.3. The van der Waals surface area contributed by atoms with Gasteiger partial charge in [0.05, 0.1) is 0 Å². The van der Waals surface area contributed by atoms with Gasteiger partial charge in [-0.15, -0.1) is 0 Å². The predicted molar refractivity (Wildman–Crippen MR) is 94.3 cm³/mol. The first-order valence-corrected chi connectivity index (χ1v) is 9.00. The molecular formula is C19H25N5. The van der Waals surface area contributed by atoms with Crippen molar-refractivity contribution in [2.24, 2.45) is 0 Å². The minimum absolute atomic E-state index is 0.697. The van der Waals surface area contributed by atoms with Crippen LogP contribution in [0.4, 0.5) is 0 Å². The first-order valence-electron chi connectivity index (χ1n) is 9.00. The third-order valence-corrected chi connectivity index (χ3v) is 5.27. The number of aromatic nitrogens is 3. The van der Waals surface area contributed by atoms with Crippen LogP contribution in [0.2, 0.25) is 0 Å². The van der Waals surface area contributed by atoms with Crippen LogP contribution in [0.1, 0.15) is 31.7 Å². The van der Waals surface area contributed by atoms with E-state index in [4.69, 9.17) is 0 Å². The lowest BCUT2D eigenvalue weighted by Gasteiger charge is -2.49. The van der Waals surface area contributed by atoms with Gasteiger partial charge in [0.25, 0.3) is 0 Å². The summed E-state index contributed by atoms with van der Waals surface area (Å²) in [7, 11) is 0. The molecule has 2 saturated heterocycles. The van der Waals surface area contributed by atoms with Crippen LogP contribution in [-0.4, -0.2) is 56.5 Å². The van der Waals surface area contributed by atoms with Gasteiger partial charge in [0.1, 0.15) is 5.69 Å². The van der Waals surface area contributed by atoms with E-state index in [0.717, 1.165) is 24.3 Å². The molecule has 0 saturated carbocycles. The fourth-order valence-corrected chi connectivity index (χ4v) is 3.87. The second-order valence-corrected chi connectivity index (χ2v) is 7.06. The van der Waals surface area contributed by atoms with E-state index in [-0.39, 0.29) is 0 Å². The average molecular weight is 323 g/mol. The van der Waals surface area contributed by atoms with Crippen LogP contribution in [0, 0.1) is 0 Å². The number of pyridine rings is 1. The van der Waals surface area contributed by atoms with Crippen molar-refractivity contribution in [1.29, 1.82) is 0 Å². The molecule has 0 unspecified atom stereocenters. The van der Waals surface area contributed by atoms with Gasteiger partial charge in [0.2, 0.25) is 0 Å². The monoisotopic (exact) mass is 323 g/mol. The number of piperidine rings is 1. The largest absolute Gasteiger partial charge is 0.296 e. The minimum Gasteiger partial charge on any atom is -0.296 e. The maximum atomic E-state index is 4.47. The second kappa shape index (κ2) is 6.95. The standard InChI is InChI=1S/C19H25N5/c1-15-6-3-5-9-24(15)17-13-23(14-17)12-16-10-21-19(22-11-16)18-7-2-4-8-20-18/h2,4,7-8,10-11,15,17H,3,5-6,9,12-14H2,1H3/t15-/m0/s1. The zero-order valence-corrected chi connectivity index (χ0v) is 14.3. The van der Waals surface area contributed by atoms with Crippen molar-refractivity contribution in [1.82, 2.24) is 24.8 Å². The molecule has 4 rings (SSSR count). The van der Waals surface area contributed by atoms with E-state index < -0.39 is 0 Å². The Kier molecular flexibility index (Phi) is 4.54. The molecule has 5 heteroatoms. The summed E-state index contributed by atoms with van der Waals surface area (Å²) in [6, 6.07) is 7.30. The summed E-state index contributed by atoms with van der Waals surface area (Å²) in [6.07, 6.45) is 9.77. The molecule has 2 fully saturated rings. The second-order valence-electron chi connectivity index (χ2n) is 7.06. The lowest BCUT2D eigenvalue weighted by Crippen LogP contribution is -2.61. The van der Waals surface area contributed by atoms with E-state index in [1.165, 1.54) is 44.5 Å². The maximum Gasteiger partial charge on any atom is 0.178 e. The molecule has 0 N–H and O–H groups in total. The number of likely N-dealkylation sites (tertiary alicyclic amines) is 2. The van der Waals surface area contributed by atoms with Gasteiger partial charge >= 0.3 is 0 Å². The summed E-state index contributed by atoms with van der Waals surface area (Å²) >= 11 is 0. The zero-order valence-electron chi connectivity index (χ0n) is 14.3. The fourth-order valence-electron chi connectivity index (χ4n) is 3.87. The van der Waals surface area contributed by atoms with Gasteiger partial charge in [-0.3, -0.25) is 14.8 Å². The molecule has 0 aliphatic carbocycles. The molecule has 0 spiro atoms. The Morgan fingerprint density at radius 1 is 1.08 bits per heavy atom. The van der Waals surface area contributed by atoms with Crippen LogP contribution in [0.15, 0.2) is 36.8 Å². The van der Waals surface area contributed by atoms with Gasteiger partial charge in [-0.1, -0.05) is 12.5 Å². The van der Waals surface area contributed by atoms with Gasteiger partial charge in [0, 0.05) is 55.9 Å². The fraction of sp³-hybridized carbons (Fsp3) is 0.526. The molecule has 0 amide bonds. The summed E-state index contributed by atoms with van der Waals surface area (Å²) < 4.78 is 0. The third-order valence-electron chi connectivity index (χ3n) is 5.27. The van der Waals surface area contributed by atoms with Crippen LogP contribution in [0.5, 0.6) is 0 Å². The van der Waals surface area contributed by atoms with E-state index in [0.29, 0.717) is 5.82 Å². The Bertz CT molecular complexity index is 651. The van der Waals surface area contributed by atoms with Crippen molar-refractivity contribution in [2.45, 2.75) is 44.8 Å². The first-order chi connectivity index (χ1) is 11.8. The Balaban J connectivity index is 1.31. The average Bonchev–Trinajstić information content (AvgIpc) is 2.60. The summed E-state index contributed by atoms with van der Waals surface area (Å²) in [6.45, 7) is 6.95. The smallest absolute Gasteiger partial charge is 0.178 e. The predicted octanol–water partition coefficient (Wildman–Crippen LogP) is 2.60. The van der Waals surface area contributed by atoms with Gasteiger partial charge in [0.15, 0.2) is 5.82 Å². The lowest BCUT2D eigenvalue weighted by molar-refractivity contribution is -0.00628. The van der Waals surface area contributed by atoms with Crippen LogP contribution in [-0.2, 0) is 6.54 Å². The van der Waals surface area contributed by atoms with Crippen LogP contribution in [0.25, 0.3) is 11.5 Å². The summed E-state index contributed by atoms with van der Waals surface area (Å²) in [5.74, 6) is 0.697. The molecular weight excluding hydrogens is 298 g/mol. The molecule has 2 aliphatic rings. The topological polar surface area (TPSA) is 45.2 Å². The zero-order chi connectivity index (χ0) is 16.4. The molecule has 0 aromatic carbocycles. The van der Waals surface area contributed by atoms with Crippen molar-refractivity contribution < 1.29 is 0 Å².